The molecule has 1 fully saturated rings. The van der Waals surface area contributed by atoms with Crippen LogP contribution in [0, 0.1) is 0 Å². The highest BCUT2D eigenvalue weighted by Gasteiger charge is 2.34. The lowest BCUT2D eigenvalue weighted by Gasteiger charge is -2.39. The molecule has 1 rings (SSSR count). The van der Waals surface area contributed by atoms with Gasteiger partial charge in [0.2, 0.25) is 5.91 Å². The molecule has 0 aromatic heterocycles. The summed E-state index contributed by atoms with van der Waals surface area (Å²) in [4.78, 5) is 11.3. The zero-order chi connectivity index (χ0) is 12.4. The highest BCUT2D eigenvalue weighted by Crippen LogP contribution is 2.25. The second kappa shape index (κ2) is 4.85. The third-order valence-corrected chi connectivity index (χ3v) is 4.44. The predicted molar refractivity (Wildman–Crippen MR) is 68.2 cm³/mol. The molecule has 1 aliphatic rings. The Morgan fingerprint density at radius 3 is 2.44 bits per heavy atom. The number of hydrogen-bond acceptors (Lipinski definition) is 3. The number of carbonyl (C=O) groups excluding carboxylic acids is 1. The van der Waals surface area contributed by atoms with Crippen molar-refractivity contribution in [1.29, 1.82) is 0 Å². The van der Waals surface area contributed by atoms with E-state index in [1.807, 2.05) is 0 Å². The third-order valence-electron chi connectivity index (χ3n) is 2.69. The molecule has 16 heavy (non-hydrogen) atoms. The van der Waals surface area contributed by atoms with Gasteiger partial charge in [-0.25, -0.2) is 0 Å². The fraction of sp³-hybridized carbons (Fsp3) is 0.909. The van der Waals surface area contributed by atoms with Crippen LogP contribution in [0.4, 0.5) is 0 Å². The molecule has 0 aromatic rings. The fourth-order valence-electron chi connectivity index (χ4n) is 1.55. The Labute approximate surface area is 100 Å². The predicted octanol–water partition coefficient (Wildman–Crippen LogP) is 0.172. The molecule has 0 radical (unpaired) electrons. The van der Waals surface area contributed by atoms with Gasteiger partial charge in [-0.2, -0.15) is 0 Å². The largest absolute Gasteiger partial charge is 0.416 e. The lowest BCUT2D eigenvalue weighted by molar-refractivity contribution is -0.124. The normalized spacial score (nSPS) is 23.8. The van der Waals surface area contributed by atoms with Gasteiger partial charge in [0.1, 0.15) is 0 Å². The average molecular weight is 244 g/mol. The summed E-state index contributed by atoms with van der Waals surface area (Å²) in [6, 6.07) is 0.0728. The standard InChI is InChI=1S/C11H24N2O2Si/c1-10(2,3)16-15-11(4,5)8-6-12-7-9(14)13-8/h8,12H,6-7,16H2,1-5H3,(H,13,14)/t8-/m1/s1. The molecule has 1 aliphatic heterocycles. The summed E-state index contributed by atoms with van der Waals surface area (Å²) in [6.07, 6.45) is 0. The monoisotopic (exact) mass is 244 g/mol. The van der Waals surface area contributed by atoms with Crippen molar-refractivity contribution in [1.82, 2.24) is 10.6 Å². The van der Waals surface area contributed by atoms with Crippen molar-refractivity contribution in [2.75, 3.05) is 13.1 Å². The Bertz CT molecular complexity index is 261. The molecular formula is C11H24N2O2Si. The van der Waals surface area contributed by atoms with Gasteiger partial charge in [-0.1, -0.05) is 20.8 Å². The van der Waals surface area contributed by atoms with E-state index in [1.165, 1.54) is 0 Å². The quantitative estimate of drug-likeness (QED) is 0.696. The molecule has 0 bridgehead atoms. The van der Waals surface area contributed by atoms with Crippen LogP contribution in [-0.2, 0) is 9.22 Å². The van der Waals surface area contributed by atoms with Crippen molar-refractivity contribution in [2.24, 2.45) is 0 Å². The fourth-order valence-corrected chi connectivity index (χ4v) is 2.56. The summed E-state index contributed by atoms with van der Waals surface area (Å²) in [5, 5.41) is 6.38. The molecule has 0 saturated carbocycles. The van der Waals surface area contributed by atoms with Gasteiger partial charge < -0.3 is 15.1 Å². The maximum absolute atomic E-state index is 11.3. The molecular weight excluding hydrogens is 220 g/mol. The van der Waals surface area contributed by atoms with Crippen LogP contribution in [-0.4, -0.2) is 40.4 Å². The molecule has 2 N–H and O–H groups in total. The van der Waals surface area contributed by atoms with Gasteiger partial charge in [-0.05, 0) is 18.9 Å². The number of amides is 1. The van der Waals surface area contributed by atoms with Crippen molar-refractivity contribution < 1.29 is 9.22 Å². The van der Waals surface area contributed by atoms with E-state index in [9.17, 15) is 4.79 Å². The van der Waals surface area contributed by atoms with E-state index in [1.54, 1.807) is 0 Å². The van der Waals surface area contributed by atoms with E-state index in [0.29, 0.717) is 6.54 Å². The van der Waals surface area contributed by atoms with Gasteiger partial charge >= 0.3 is 0 Å². The minimum absolute atomic E-state index is 0.0605. The minimum Gasteiger partial charge on any atom is -0.416 e. The van der Waals surface area contributed by atoms with Crippen molar-refractivity contribution in [3.63, 3.8) is 0 Å². The Morgan fingerprint density at radius 1 is 1.31 bits per heavy atom. The van der Waals surface area contributed by atoms with E-state index in [2.05, 4.69) is 45.3 Å². The summed E-state index contributed by atoms with van der Waals surface area (Å²) in [7, 11) is -0.596. The van der Waals surface area contributed by atoms with E-state index < -0.39 is 9.76 Å². The summed E-state index contributed by atoms with van der Waals surface area (Å²) in [5.41, 5.74) is -0.275. The van der Waals surface area contributed by atoms with Gasteiger partial charge in [-0.3, -0.25) is 4.79 Å². The van der Waals surface area contributed by atoms with Gasteiger partial charge in [0.25, 0.3) is 0 Å². The molecule has 0 aromatic carbocycles. The first kappa shape index (κ1) is 13.7. The van der Waals surface area contributed by atoms with Crippen molar-refractivity contribution in [3.05, 3.63) is 0 Å². The maximum Gasteiger partial charge on any atom is 0.234 e. The summed E-state index contributed by atoms with van der Waals surface area (Å²) < 4.78 is 6.07. The average Bonchev–Trinajstić information content (AvgIpc) is 2.14. The Hall–Kier alpha value is -0.393. The highest BCUT2D eigenvalue weighted by molar-refractivity contribution is 6.31. The summed E-state index contributed by atoms with van der Waals surface area (Å²) in [5.74, 6) is 0.0605. The van der Waals surface area contributed by atoms with Gasteiger partial charge in [0, 0.05) is 6.54 Å². The van der Waals surface area contributed by atoms with Crippen molar-refractivity contribution >= 4 is 15.7 Å². The van der Waals surface area contributed by atoms with Crippen molar-refractivity contribution in [3.8, 4) is 0 Å². The Morgan fingerprint density at radius 2 is 1.94 bits per heavy atom. The molecule has 1 saturated heterocycles. The van der Waals surface area contributed by atoms with Gasteiger partial charge in [-0.15, -0.1) is 0 Å². The van der Waals surface area contributed by atoms with E-state index in [4.69, 9.17) is 4.43 Å². The number of hydrogen-bond donors (Lipinski definition) is 2. The summed E-state index contributed by atoms with van der Waals surface area (Å²) in [6.45, 7) is 11.9. The second-order valence-corrected chi connectivity index (χ2v) is 8.90. The SMILES string of the molecule is CC(C)(C)[SiH2]OC(C)(C)[C@H]1CNCC(=O)N1. The van der Waals surface area contributed by atoms with E-state index >= 15 is 0 Å². The van der Waals surface area contributed by atoms with Crippen LogP contribution in [0.15, 0.2) is 0 Å². The van der Waals surface area contributed by atoms with Gasteiger partial charge in [0.05, 0.1) is 18.2 Å². The lowest BCUT2D eigenvalue weighted by atomic mass is 9.97. The van der Waals surface area contributed by atoms with Crippen LogP contribution in [0.2, 0.25) is 5.04 Å². The Balaban J connectivity index is 2.52. The van der Waals surface area contributed by atoms with Crippen LogP contribution in [0.1, 0.15) is 34.6 Å². The van der Waals surface area contributed by atoms with Crippen LogP contribution in [0.3, 0.4) is 0 Å². The smallest absolute Gasteiger partial charge is 0.234 e. The van der Waals surface area contributed by atoms with Crippen LogP contribution in [0.25, 0.3) is 0 Å². The maximum atomic E-state index is 11.3. The number of rotatable bonds is 3. The number of piperazine rings is 1. The first-order valence-electron chi connectivity index (χ1n) is 5.85. The van der Waals surface area contributed by atoms with Crippen molar-refractivity contribution in [2.45, 2.75) is 51.3 Å². The van der Waals surface area contributed by atoms with E-state index in [0.717, 1.165) is 6.54 Å². The number of nitrogens with one attached hydrogen (secondary N) is 2. The molecule has 0 spiro atoms. The second-order valence-electron chi connectivity index (χ2n) is 6.20. The van der Waals surface area contributed by atoms with Gasteiger partial charge in [0.15, 0.2) is 9.76 Å². The topological polar surface area (TPSA) is 50.4 Å². The molecule has 1 amide bonds. The van der Waals surface area contributed by atoms with Crippen LogP contribution < -0.4 is 10.6 Å². The minimum atomic E-state index is -0.596. The third kappa shape index (κ3) is 4.23. The lowest BCUT2D eigenvalue weighted by Crippen LogP contribution is -2.61. The first-order valence-corrected chi connectivity index (χ1v) is 7.13. The Kier molecular flexibility index (Phi) is 4.15. The molecule has 0 unspecified atom stereocenters. The summed E-state index contributed by atoms with van der Waals surface area (Å²) >= 11 is 0. The zero-order valence-corrected chi connectivity index (χ0v) is 12.4. The molecule has 1 atom stereocenters. The first-order chi connectivity index (χ1) is 7.21. The molecule has 1 heterocycles. The van der Waals surface area contributed by atoms with Crippen LogP contribution >= 0.6 is 0 Å². The molecule has 4 nitrogen and oxygen atoms in total. The molecule has 5 heteroatoms. The molecule has 0 aliphatic carbocycles. The van der Waals surface area contributed by atoms with Crippen LogP contribution in [0.5, 0.6) is 0 Å². The highest BCUT2D eigenvalue weighted by atomic mass is 28.2. The van der Waals surface area contributed by atoms with E-state index in [-0.39, 0.29) is 22.6 Å². The zero-order valence-electron chi connectivity index (χ0n) is 11.0. The number of carbonyl (C=O) groups is 1. The molecule has 94 valence electrons.